The van der Waals surface area contributed by atoms with Crippen molar-refractivity contribution in [1.29, 1.82) is 0 Å². The summed E-state index contributed by atoms with van der Waals surface area (Å²) in [6.45, 7) is 9.02. The summed E-state index contributed by atoms with van der Waals surface area (Å²) in [6.07, 6.45) is 6.98. The number of nitrogens with one attached hydrogen (secondary N) is 1. The van der Waals surface area contributed by atoms with Crippen molar-refractivity contribution in [1.82, 2.24) is 19.4 Å². The molecule has 0 unspecified atom stereocenters. The normalized spacial score (nSPS) is 21.4. The van der Waals surface area contributed by atoms with Gasteiger partial charge in [0.15, 0.2) is 0 Å². The summed E-state index contributed by atoms with van der Waals surface area (Å²) in [5.41, 5.74) is 7.08. The largest absolute Gasteiger partial charge is 0.329 e. The molecule has 4 aromatic rings. The monoisotopic (exact) mass is 602 g/mol. The number of benzene rings is 3. The van der Waals surface area contributed by atoms with Crippen LogP contribution in [0.1, 0.15) is 66.5 Å². The number of hydrogen-bond donors (Lipinski definition) is 1. The van der Waals surface area contributed by atoms with Gasteiger partial charge >= 0.3 is 6.03 Å². The topological polar surface area (TPSA) is 56.6 Å². The van der Waals surface area contributed by atoms with Crippen molar-refractivity contribution in [2.75, 3.05) is 29.9 Å². The minimum absolute atomic E-state index is 0.0746. The molecule has 0 saturated carbocycles. The minimum Gasteiger partial charge on any atom is -0.329 e. The lowest BCUT2D eigenvalue weighted by Gasteiger charge is -2.41. The summed E-state index contributed by atoms with van der Waals surface area (Å²) in [4.78, 5) is 25.8. The van der Waals surface area contributed by atoms with Gasteiger partial charge in [0.1, 0.15) is 5.82 Å². The van der Waals surface area contributed by atoms with Gasteiger partial charge in [-0.2, -0.15) is 0 Å². The van der Waals surface area contributed by atoms with Crippen molar-refractivity contribution in [2.45, 2.75) is 83.6 Å². The molecule has 3 aromatic carbocycles. The van der Waals surface area contributed by atoms with Crippen LogP contribution >= 0.6 is 0 Å². The van der Waals surface area contributed by atoms with E-state index in [9.17, 15) is 4.79 Å². The number of nitrogens with zero attached hydrogens (tertiary/aromatic N) is 5. The number of carbonyl (C=O) groups excluding carboxylic acids is 1. The minimum atomic E-state index is -0.0746. The maximum absolute atomic E-state index is 13.4. The van der Waals surface area contributed by atoms with Gasteiger partial charge < -0.3 is 9.88 Å². The molecule has 2 bridgehead atoms. The molecular formula is C38H46N6O. The van der Waals surface area contributed by atoms with Crippen molar-refractivity contribution in [3.8, 4) is 0 Å². The molecule has 0 spiro atoms. The summed E-state index contributed by atoms with van der Waals surface area (Å²) in [5.74, 6) is 1.19. The average Bonchev–Trinajstić information content (AvgIpc) is 3.50. The number of imidazole rings is 1. The molecule has 7 heteroatoms. The van der Waals surface area contributed by atoms with Crippen molar-refractivity contribution < 1.29 is 4.79 Å². The Bertz CT molecular complexity index is 1570. The van der Waals surface area contributed by atoms with E-state index in [1.54, 1.807) is 0 Å². The van der Waals surface area contributed by atoms with E-state index in [0.717, 1.165) is 50.4 Å². The highest BCUT2D eigenvalue weighted by atomic mass is 16.2. The second-order valence-corrected chi connectivity index (χ2v) is 13.3. The number of anilines is 2. The molecule has 2 fully saturated rings. The molecule has 2 atom stereocenters. The Balaban J connectivity index is 0.977. The predicted molar refractivity (Wildman–Crippen MR) is 182 cm³/mol. The van der Waals surface area contributed by atoms with Gasteiger partial charge in [0.05, 0.1) is 5.69 Å². The smallest absolute Gasteiger partial charge is 0.326 e. The number of urea groups is 1. The molecule has 0 aliphatic carbocycles. The van der Waals surface area contributed by atoms with Crippen LogP contribution in [0.5, 0.6) is 0 Å². The van der Waals surface area contributed by atoms with E-state index in [-0.39, 0.29) is 6.03 Å². The van der Waals surface area contributed by atoms with Crippen molar-refractivity contribution >= 4 is 17.4 Å². The fraction of sp³-hybridized carbons (Fsp3) is 0.421. The first kappa shape index (κ1) is 29.8. The van der Waals surface area contributed by atoms with E-state index >= 15 is 0 Å². The Morgan fingerprint density at radius 3 is 2.29 bits per heavy atom. The third kappa shape index (κ3) is 6.56. The highest BCUT2D eigenvalue weighted by molar-refractivity contribution is 6.01. The van der Waals surface area contributed by atoms with Crippen molar-refractivity contribution in [2.24, 2.45) is 0 Å². The SMILES string of the molecule is Cc1ccc(NC(=O)N(CCCN2[C@@H]3CC[C@@H]2CC(n2c(C)nc4c2CCN(Cc2ccccc2)C4)C3)c2ccccc2)cc1. The molecular weight excluding hydrogens is 556 g/mol. The first-order valence-electron chi connectivity index (χ1n) is 16.8. The zero-order valence-corrected chi connectivity index (χ0v) is 26.7. The van der Waals surface area contributed by atoms with Gasteiger partial charge in [-0.15, -0.1) is 0 Å². The van der Waals surface area contributed by atoms with Crippen LogP contribution in [-0.2, 0) is 19.5 Å². The fourth-order valence-electron chi connectivity index (χ4n) is 8.07. The van der Waals surface area contributed by atoms with Crippen LogP contribution in [0.2, 0.25) is 0 Å². The van der Waals surface area contributed by atoms with E-state index < -0.39 is 0 Å². The second-order valence-electron chi connectivity index (χ2n) is 13.3. The summed E-state index contributed by atoms with van der Waals surface area (Å²) in [7, 11) is 0. The number of piperidine rings is 1. The molecule has 7 nitrogen and oxygen atoms in total. The third-order valence-corrected chi connectivity index (χ3v) is 10.2. The molecule has 1 N–H and O–H groups in total. The molecule has 2 saturated heterocycles. The van der Waals surface area contributed by atoms with Gasteiger partial charge in [-0.25, -0.2) is 9.78 Å². The van der Waals surface area contributed by atoms with Gasteiger partial charge in [0, 0.05) is 74.3 Å². The standard InChI is InChI=1S/C38H46N6O/c1-28-14-16-31(17-15-28)40-38(45)43(32-12-7-4-8-13-32)22-9-21-42-33-18-19-34(42)25-35(24-33)44-29(2)39-36-27-41(23-20-37(36)44)26-30-10-5-3-6-11-30/h3-8,10-17,33-35H,9,18-27H2,1-2H3,(H,40,45)/t33-,34-/m1/s1. The van der Waals surface area contributed by atoms with Crippen LogP contribution in [0.3, 0.4) is 0 Å². The Hall–Kier alpha value is -3.94. The number of amides is 2. The van der Waals surface area contributed by atoms with Gasteiger partial charge in [-0.3, -0.25) is 14.7 Å². The van der Waals surface area contributed by atoms with E-state index in [4.69, 9.17) is 4.98 Å². The van der Waals surface area contributed by atoms with E-state index in [1.165, 1.54) is 54.0 Å². The lowest BCUT2D eigenvalue weighted by atomic mass is 9.95. The summed E-state index contributed by atoms with van der Waals surface area (Å²) >= 11 is 0. The van der Waals surface area contributed by atoms with Crippen LogP contribution in [0.25, 0.3) is 0 Å². The quantitative estimate of drug-likeness (QED) is 0.218. The highest BCUT2D eigenvalue weighted by Crippen LogP contribution is 2.42. The zero-order valence-electron chi connectivity index (χ0n) is 26.7. The molecule has 4 heterocycles. The molecule has 7 rings (SSSR count). The molecule has 1 aromatic heterocycles. The number of para-hydroxylation sites is 1. The molecule has 3 aliphatic heterocycles. The van der Waals surface area contributed by atoms with Crippen LogP contribution in [0.15, 0.2) is 84.9 Å². The predicted octanol–water partition coefficient (Wildman–Crippen LogP) is 7.35. The van der Waals surface area contributed by atoms with Gasteiger partial charge in [-0.1, -0.05) is 66.2 Å². The summed E-state index contributed by atoms with van der Waals surface area (Å²) < 4.78 is 2.63. The Labute approximate surface area is 267 Å². The molecule has 45 heavy (non-hydrogen) atoms. The first-order chi connectivity index (χ1) is 22.0. The van der Waals surface area contributed by atoms with Crippen molar-refractivity contribution in [3.05, 3.63) is 113 Å². The Morgan fingerprint density at radius 2 is 1.58 bits per heavy atom. The average molecular weight is 603 g/mol. The maximum atomic E-state index is 13.4. The number of rotatable bonds is 9. The number of aryl methyl sites for hydroxylation is 2. The summed E-state index contributed by atoms with van der Waals surface area (Å²) in [5, 5.41) is 3.11. The lowest BCUT2D eigenvalue weighted by molar-refractivity contribution is 0.104. The fourth-order valence-corrected chi connectivity index (χ4v) is 8.07. The van der Waals surface area contributed by atoms with E-state index in [0.29, 0.717) is 24.7 Å². The number of carbonyl (C=O) groups is 1. The first-order valence-corrected chi connectivity index (χ1v) is 16.8. The number of fused-ring (bicyclic) bond motifs is 3. The second kappa shape index (κ2) is 13.2. The molecule has 3 aliphatic rings. The highest BCUT2D eigenvalue weighted by Gasteiger charge is 2.42. The molecule has 0 radical (unpaired) electrons. The van der Waals surface area contributed by atoms with Crippen LogP contribution in [0.4, 0.5) is 16.2 Å². The third-order valence-electron chi connectivity index (χ3n) is 10.2. The van der Waals surface area contributed by atoms with Gasteiger partial charge in [0.25, 0.3) is 0 Å². The van der Waals surface area contributed by atoms with Crippen LogP contribution in [-0.4, -0.2) is 57.1 Å². The Kier molecular flexibility index (Phi) is 8.72. The molecule has 234 valence electrons. The van der Waals surface area contributed by atoms with Crippen molar-refractivity contribution in [3.63, 3.8) is 0 Å². The zero-order chi connectivity index (χ0) is 30.8. The van der Waals surface area contributed by atoms with E-state index in [1.807, 2.05) is 59.5 Å². The van der Waals surface area contributed by atoms with Crippen LogP contribution < -0.4 is 10.2 Å². The van der Waals surface area contributed by atoms with Crippen LogP contribution in [0, 0.1) is 13.8 Å². The van der Waals surface area contributed by atoms with Gasteiger partial charge in [-0.05, 0) is 75.8 Å². The molecule has 2 amide bonds. The summed E-state index contributed by atoms with van der Waals surface area (Å²) in [6, 6.07) is 30.5. The van der Waals surface area contributed by atoms with E-state index in [2.05, 4.69) is 63.9 Å². The maximum Gasteiger partial charge on any atom is 0.326 e. The number of hydrogen-bond acceptors (Lipinski definition) is 4. The number of aromatic nitrogens is 2. The van der Waals surface area contributed by atoms with Gasteiger partial charge in [0.2, 0.25) is 0 Å². The lowest BCUT2D eigenvalue weighted by Crippen LogP contribution is -2.45. The Morgan fingerprint density at radius 1 is 0.889 bits per heavy atom.